The average molecular weight is 494 g/mol. The van der Waals surface area contributed by atoms with Crippen LogP contribution in [0.2, 0.25) is 13.3 Å². The molecule has 0 aromatic heterocycles. The summed E-state index contributed by atoms with van der Waals surface area (Å²) < 4.78 is 3.20. The first-order chi connectivity index (χ1) is 6.39. The summed E-state index contributed by atoms with van der Waals surface area (Å²) in [6.07, 6.45) is 2.45. The van der Waals surface area contributed by atoms with Gasteiger partial charge >= 0.3 is 116 Å². The molecule has 14 heavy (non-hydrogen) atoms. The number of hydrogen-bond acceptors (Lipinski definition) is 0. The van der Waals surface area contributed by atoms with E-state index >= 15 is 0 Å². The zero-order chi connectivity index (χ0) is 11.6. The Labute approximate surface area is 114 Å². The van der Waals surface area contributed by atoms with Crippen molar-refractivity contribution in [2.75, 3.05) is 0 Å². The van der Waals surface area contributed by atoms with Gasteiger partial charge in [-0.3, -0.25) is 0 Å². The zero-order valence-corrected chi connectivity index (χ0v) is 17.8. The molecule has 0 rings (SSSR count). The van der Waals surface area contributed by atoms with Gasteiger partial charge in [-0.2, -0.15) is 0 Å². The van der Waals surface area contributed by atoms with E-state index in [0.29, 0.717) is 0 Å². The molecule has 6 heteroatoms. The van der Waals surface area contributed by atoms with Gasteiger partial charge in [0.05, 0.1) is 0 Å². The Kier molecular flexibility index (Phi) is 16.7. The van der Waals surface area contributed by atoms with E-state index in [1.54, 1.807) is 0 Å². The summed E-state index contributed by atoms with van der Waals surface area (Å²) in [4.78, 5) is 0. The van der Waals surface area contributed by atoms with Gasteiger partial charge in [-0.1, -0.05) is 0 Å². The molecule has 0 bridgehead atoms. The quantitative estimate of drug-likeness (QED) is 0.431. The first-order valence-corrected chi connectivity index (χ1v) is 25.4. The molecule has 0 nitrogen and oxygen atoms in total. The summed E-state index contributed by atoms with van der Waals surface area (Å²) in [7, 11) is 23.0. The zero-order valence-electron chi connectivity index (χ0n) is 9.05. The fourth-order valence-corrected chi connectivity index (χ4v) is 5.55. The molecular weight excluding hydrogens is 475 g/mol. The Bertz CT molecular complexity index is 114. The van der Waals surface area contributed by atoms with E-state index in [-0.39, 0.29) is 0 Å². The third-order valence-electron chi connectivity index (χ3n) is 1.75. The summed E-state index contributed by atoms with van der Waals surface area (Å²) in [5.74, 6) is 0. The molecule has 0 fully saturated rings. The van der Waals surface area contributed by atoms with Crippen LogP contribution in [-0.4, -0.2) is 33.6 Å². The van der Waals surface area contributed by atoms with Crippen molar-refractivity contribution in [3.63, 3.8) is 0 Å². The van der Waals surface area contributed by atoms with Gasteiger partial charge in [0, 0.05) is 0 Å². The van der Waals surface area contributed by atoms with E-state index < -0.39 is 33.6 Å². The number of unbranched alkanes of at least 4 members (excludes halogenated alkanes) is 1. The van der Waals surface area contributed by atoms with Gasteiger partial charge in [0.2, 0.25) is 0 Å². The van der Waals surface area contributed by atoms with E-state index in [4.69, 9.17) is 35.7 Å². The molecule has 0 amide bonds. The van der Waals surface area contributed by atoms with Crippen molar-refractivity contribution < 1.29 is 0 Å². The van der Waals surface area contributed by atoms with E-state index in [0.717, 1.165) is 13.3 Å². The van der Waals surface area contributed by atoms with Gasteiger partial charge in [-0.25, -0.2) is 0 Å². The minimum atomic E-state index is -2.34. The fraction of sp³-hybridized carbons (Fsp3) is 1.00. The van der Waals surface area contributed by atoms with Crippen molar-refractivity contribution in [3.8, 4) is 0 Å². The standard InChI is InChI=1S/C4H9.2C2H5.4ClH.2Sn/c1-3-4-2;2*1-2;;;;;;/h1,3-4H2,2H3;2*1H2,2H3;4*1H;;/q;;;;;;;2*+2/p-4. The molecule has 0 saturated carbocycles. The molecule has 0 aliphatic rings. The van der Waals surface area contributed by atoms with Gasteiger partial charge in [0.15, 0.2) is 0 Å². The molecule has 0 aromatic carbocycles. The second kappa shape index (κ2) is 12.2. The van der Waals surface area contributed by atoms with Crippen LogP contribution < -0.4 is 0 Å². The molecule has 0 unspecified atom stereocenters. The SMILES string of the molecule is CCC[CH2][Sn]([Cl])[Cl].C[CH2][Sn]([Cl])([Cl])[CH2]C. The molecule has 0 atom stereocenters. The Balaban J connectivity index is 0. The van der Waals surface area contributed by atoms with Crippen LogP contribution in [0.4, 0.5) is 0 Å². The van der Waals surface area contributed by atoms with Crippen molar-refractivity contribution in [1.29, 1.82) is 0 Å². The van der Waals surface area contributed by atoms with Crippen LogP contribution in [0, 0.1) is 0 Å². The van der Waals surface area contributed by atoms with E-state index in [1.165, 1.54) is 12.8 Å². The first-order valence-electron chi connectivity index (χ1n) is 4.94. The molecule has 0 spiro atoms. The third kappa shape index (κ3) is 17.2. The van der Waals surface area contributed by atoms with Gasteiger partial charge in [0.1, 0.15) is 0 Å². The van der Waals surface area contributed by atoms with E-state index in [9.17, 15) is 0 Å². The molecule has 0 aliphatic heterocycles. The molecule has 0 aromatic rings. The molecule has 0 N–H and O–H groups in total. The molecule has 0 heterocycles. The van der Waals surface area contributed by atoms with Crippen molar-refractivity contribution in [2.45, 2.75) is 46.9 Å². The second-order valence-corrected chi connectivity index (χ2v) is 33.7. The van der Waals surface area contributed by atoms with Gasteiger partial charge in [0.25, 0.3) is 0 Å². The van der Waals surface area contributed by atoms with Crippen molar-refractivity contribution in [1.82, 2.24) is 0 Å². The van der Waals surface area contributed by atoms with E-state index in [2.05, 4.69) is 20.8 Å². The normalized spacial score (nSPS) is 11.1. The Morgan fingerprint density at radius 3 is 1.50 bits per heavy atom. The monoisotopic (exact) mass is 495 g/mol. The van der Waals surface area contributed by atoms with Crippen LogP contribution in [0.1, 0.15) is 33.6 Å². The van der Waals surface area contributed by atoms with Crippen molar-refractivity contribution >= 4 is 69.3 Å². The Morgan fingerprint density at radius 1 is 1.00 bits per heavy atom. The summed E-state index contributed by atoms with van der Waals surface area (Å²) >= 11 is -4.04. The summed E-state index contributed by atoms with van der Waals surface area (Å²) in [5.41, 5.74) is 0. The van der Waals surface area contributed by atoms with Crippen LogP contribution in [0.25, 0.3) is 0 Å². The fourth-order valence-electron chi connectivity index (χ4n) is 0.560. The minimum absolute atomic E-state index is 1.04. The molecule has 0 saturated heterocycles. The topological polar surface area (TPSA) is 0 Å². The third-order valence-corrected chi connectivity index (χ3v) is 19.5. The molecule has 87 valence electrons. The molecule has 0 aliphatic carbocycles. The predicted octanol–water partition coefficient (Wildman–Crippen LogP) is 5.70. The van der Waals surface area contributed by atoms with Gasteiger partial charge in [-0.15, -0.1) is 0 Å². The van der Waals surface area contributed by atoms with Crippen molar-refractivity contribution in [2.24, 2.45) is 0 Å². The first kappa shape index (κ1) is 19.1. The maximum atomic E-state index is 5.88. The predicted molar refractivity (Wildman–Crippen MR) is 75.6 cm³/mol. The van der Waals surface area contributed by atoms with E-state index in [1.807, 2.05) is 0 Å². The Hall–Kier alpha value is 2.76. The summed E-state index contributed by atoms with van der Waals surface area (Å²) in [6.45, 7) is 6.29. The molecular formula is C8H19Cl4Sn2. The van der Waals surface area contributed by atoms with Gasteiger partial charge in [-0.05, 0) is 0 Å². The Morgan fingerprint density at radius 2 is 1.43 bits per heavy atom. The number of hydrogen-bond donors (Lipinski definition) is 0. The van der Waals surface area contributed by atoms with Gasteiger partial charge < -0.3 is 0 Å². The van der Waals surface area contributed by atoms with Crippen molar-refractivity contribution in [3.05, 3.63) is 0 Å². The van der Waals surface area contributed by atoms with Crippen LogP contribution in [0.5, 0.6) is 0 Å². The van der Waals surface area contributed by atoms with Crippen LogP contribution >= 0.6 is 35.7 Å². The molecule has 1 radical (unpaired) electrons. The number of halogens is 4. The van der Waals surface area contributed by atoms with Crippen LogP contribution in [0.3, 0.4) is 0 Å². The second-order valence-electron chi connectivity index (χ2n) is 3.01. The number of rotatable bonds is 5. The average Bonchev–Trinajstić information content (AvgIpc) is 2.15. The maximum absolute atomic E-state index is 5.88. The summed E-state index contributed by atoms with van der Waals surface area (Å²) in [5, 5.41) is 0. The van der Waals surface area contributed by atoms with Crippen LogP contribution in [-0.2, 0) is 0 Å². The summed E-state index contributed by atoms with van der Waals surface area (Å²) in [6, 6.07) is 0. The van der Waals surface area contributed by atoms with Crippen LogP contribution in [0.15, 0.2) is 0 Å².